The van der Waals surface area contributed by atoms with E-state index in [2.05, 4.69) is 27.5 Å². The van der Waals surface area contributed by atoms with Gasteiger partial charge in [0.1, 0.15) is 6.10 Å². The lowest BCUT2D eigenvalue weighted by Gasteiger charge is -2.32. The van der Waals surface area contributed by atoms with Crippen LogP contribution in [0.2, 0.25) is 0 Å². The number of carbonyl (C=O) groups is 1. The van der Waals surface area contributed by atoms with Crippen LogP contribution in [-0.4, -0.2) is 74.2 Å². The van der Waals surface area contributed by atoms with Crippen LogP contribution < -0.4 is 0 Å². The molecule has 3 heterocycles. The SMILES string of the molecule is CCCn1ncc(C(=O)N2CCO[C@@H](c3nnnn3CCOC)C2)c1C. The standard InChI is InChI=1S/C16H25N7O3/c1-4-5-22-12(2)13(10-17-22)16(24)21-6-9-26-14(11-21)15-18-19-20-23(15)7-8-25-3/h10,14H,4-9,11H2,1-3H3/t14-/m1/s1. The Morgan fingerprint density at radius 1 is 1.38 bits per heavy atom. The number of aromatic nitrogens is 6. The molecule has 0 unspecified atom stereocenters. The van der Waals surface area contributed by atoms with Crippen LogP contribution in [0.1, 0.15) is 41.3 Å². The lowest BCUT2D eigenvalue weighted by Crippen LogP contribution is -2.43. The Bertz CT molecular complexity index is 742. The Morgan fingerprint density at radius 2 is 2.23 bits per heavy atom. The topological polar surface area (TPSA) is 100 Å². The second kappa shape index (κ2) is 8.37. The van der Waals surface area contributed by atoms with Gasteiger partial charge < -0.3 is 14.4 Å². The number of rotatable bonds is 7. The number of methoxy groups -OCH3 is 1. The molecule has 1 aliphatic heterocycles. The van der Waals surface area contributed by atoms with Crippen molar-refractivity contribution in [3.05, 3.63) is 23.3 Å². The first-order valence-electron chi connectivity index (χ1n) is 8.84. The lowest BCUT2D eigenvalue weighted by molar-refractivity contribution is -0.0292. The van der Waals surface area contributed by atoms with E-state index in [0.717, 1.165) is 18.7 Å². The first kappa shape index (κ1) is 18.5. The highest BCUT2D eigenvalue weighted by atomic mass is 16.5. The Hall–Kier alpha value is -2.33. The van der Waals surface area contributed by atoms with Crippen LogP contribution in [0.25, 0.3) is 0 Å². The highest BCUT2D eigenvalue weighted by molar-refractivity contribution is 5.95. The minimum absolute atomic E-state index is 0.0333. The molecule has 10 heteroatoms. The lowest BCUT2D eigenvalue weighted by atomic mass is 10.2. The van der Waals surface area contributed by atoms with Gasteiger partial charge in [-0.3, -0.25) is 9.48 Å². The molecule has 0 N–H and O–H groups in total. The number of nitrogens with zero attached hydrogens (tertiary/aromatic N) is 7. The summed E-state index contributed by atoms with van der Waals surface area (Å²) in [6.45, 7) is 7.24. The Balaban J connectivity index is 1.72. The molecule has 10 nitrogen and oxygen atoms in total. The maximum Gasteiger partial charge on any atom is 0.257 e. The van der Waals surface area contributed by atoms with Crippen molar-refractivity contribution in [2.75, 3.05) is 33.4 Å². The van der Waals surface area contributed by atoms with Crippen LogP contribution in [0.3, 0.4) is 0 Å². The minimum atomic E-state index is -0.356. The average molecular weight is 363 g/mol. The van der Waals surface area contributed by atoms with Gasteiger partial charge in [-0.25, -0.2) is 4.68 Å². The normalized spacial score (nSPS) is 17.7. The van der Waals surface area contributed by atoms with Crippen molar-refractivity contribution in [3.8, 4) is 0 Å². The molecule has 0 spiro atoms. The summed E-state index contributed by atoms with van der Waals surface area (Å²) in [6, 6.07) is 0. The Labute approximate surface area is 152 Å². The summed E-state index contributed by atoms with van der Waals surface area (Å²) in [7, 11) is 1.63. The number of hydrogen-bond donors (Lipinski definition) is 0. The molecule has 0 bridgehead atoms. The zero-order valence-corrected chi connectivity index (χ0v) is 15.5. The van der Waals surface area contributed by atoms with Crippen LogP contribution in [0.15, 0.2) is 6.20 Å². The molecular weight excluding hydrogens is 338 g/mol. The van der Waals surface area contributed by atoms with E-state index in [1.165, 1.54) is 0 Å². The zero-order valence-electron chi connectivity index (χ0n) is 15.5. The van der Waals surface area contributed by atoms with Crippen LogP contribution in [-0.2, 0) is 22.6 Å². The number of amides is 1. The molecular formula is C16H25N7O3. The molecule has 1 aliphatic rings. The van der Waals surface area contributed by atoms with Crippen molar-refractivity contribution in [2.45, 2.75) is 39.5 Å². The predicted octanol–water partition coefficient (Wildman–Crippen LogP) is 0.448. The molecule has 0 radical (unpaired) electrons. The number of carbonyl (C=O) groups excluding carboxylic acids is 1. The van der Waals surface area contributed by atoms with Gasteiger partial charge in [0.15, 0.2) is 5.82 Å². The van der Waals surface area contributed by atoms with E-state index in [-0.39, 0.29) is 12.0 Å². The summed E-state index contributed by atoms with van der Waals surface area (Å²) in [4.78, 5) is 14.7. The van der Waals surface area contributed by atoms with Crippen molar-refractivity contribution in [2.24, 2.45) is 0 Å². The second-order valence-corrected chi connectivity index (χ2v) is 6.23. The van der Waals surface area contributed by atoms with E-state index in [4.69, 9.17) is 9.47 Å². The van der Waals surface area contributed by atoms with Gasteiger partial charge in [-0.05, 0) is 23.8 Å². The molecule has 2 aromatic heterocycles. The van der Waals surface area contributed by atoms with E-state index in [1.54, 1.807) is 22.9 Å². The first-order valence-corrected chi connectivity index (χ1v) is 8.84. The van der Waals surface area contributed by atoms with Crippen LogP contribution in [0.4, 0.5) is 0 Å². The molecule has 0 saturated carbocycles. The Kier molecular flexibility index (Phi) is 5.94. The summed E-state index contributed by atoms with van der Waals surface area (Å²) < 4.78 is 14.4. The van der Waals surface area contributed by atoms with E-state index in [0.29, 0.717) is 44.2 Å². The fraction of sp³-hybridized carbons (Fsp3) is 0.688. The number of ether oxygens (including phenoxy) is 2. The van der Waals surface area contributed by atoms with E-state index in [9.17, 15) is 4.79 Å². The molecule has 1 fully saturated rings. The average Bonchev–Trinajstić information content (AvgIpc) is 3.27. The summed E-state index contributed by atoms with van der Waals surface area (Å²) in [6.07, 6.45) is 2.27. The molecule has 1 amide bonds. The Morgan fingerprint density at radius 3 is 3.00 bits per heavy atom. The van der Waals surface area contributed by atoms with Gasteiger partial charge in [0.2, 0.25) is 0 Å². The first-order chi connectivity index (χ1) is 12.7. The molecule has 1 atom stereocenters. The second-order valence-electron chi connectivity index (χ2n) is 6.23. The molecule has 3 rings (SSSR count). The van der Waals surface area contributed by atoms with Crippen molar-refractivity contribution in [1.82, 2.24) is 34.9 Å². The van der Waals surface area contributed by atoms with Crippen molar-refractivity contribution < 1.29 is 14.3 Å². The number of morpholine rings is 1. The van der Waals surface area contributed by atoms with Gasteiger partial charge in [0.05, 0.1) is 38.1 Å². The van der Waals surface area contributed by atoms with Gasteiger partial charge >= 0.3 is 0 Å². The fourth-order valence-corrected chi connectivity index (χ4v) is 3.03. The number of hydrogen-bond acceptors (Lipinski definition) is 7. The van der Waals surface area contributed by atoms with E-state index in [1.807, 2.05) is 11.6 Å². The van der Waals surface area contributed by atoms with E-state index < -0.39 is 0 Å². The molecule has 1 saturated heterocycles. The van der Waals surface area contributed by atoms with Crippen LogP contribution in [0.5, 0.6) is 0 Å². The monoisotopic (exact) mass is 363 g/mol. The third kappa shape index (κ3) is 3.75. The van der Waals surface area contributed by atoms with Crippen molar-refractivity contribution in [1.29, 1.82) is 0 Å². The highest BCUT2D eigenvalue weighted by Crippen LogP contribution is 2.22. The zero-order chi connectivity index (χ0) is 18.5. The fourth-order valence-electron chi connectivity index (χ4n) is 3.03. The largest absolute Gasteiger partial charge is 0.383 e. The van der Waals surface area contributed by atoms with E-state index >= 15 is 0 Å². The predicted molar refractivity (Wildman–Crippen MR) is 91.5 cm³/mol. The molecule has 0 aliphatic carbocycles. The summed E-state index contributed by atoms with van der Waals surface area (Å²) in [5.41, 5.74) is 1.53. The maximum atomic E-state index is 12.9. The van der Waals surface area contributed by atoms with Gasteiger partial charge in [0.25, 0.3) is 5.91 Å². The quantitative estimate of drug-likeness (QED) is 0.704. The third-order valence-corrected chi connectivity index (χ3v) is 4.48. The van der Waals surface area contributed by atoms with Gasteiger partial charge in [-0.15, -0.1) is 5.10 Å². The number of aryl methyl sites for hydroxylation is 1. The maximum absolute atomic E-state index is 12.9. The van der Waals surface area contributed by atoms with Gasteiger partial charge in [-0.1, -0.05) is 6.92 Å². The smallest absolute Gasteiger partial charge is 0.257 e. The summed E-state index contributed by atoms with van der Waals surface area (Å²) in [5, 5.41) is 16.1. The molecule has 0 aromatic carbocycles. The van der Waals surface area contributed by atoms with Crippen molar-refractivity contribution in [3.63, 3.8) is 0 Å². The molecule has 142 valence electrons. The minimum Gasteiger partial charge on any atom is -0.383 e. The highest BCUT2D eigenvalue weighted by Gasteiger charge is 2.31. The van der Waals surface area contributed by atoms with Crippen molar-refractivity contribution >= 4 is 5.91 Å². The molecule has 2 aromatic rings. The summed E-state index contributed by atoms with van der Waals surface area (Å²) in [5.74, 6) is 0.576. The van der Waals surface area contributed by atoms with Crippen LogP contribution in [0, 0.1) is 6.92 Å². The molecule has 26 heavy (non-hydrogen) atoms. The third-order valence-electron chi connectivity index (χ3n) is 4.48. The summed E-state index contributed by atoms with van der Waals surface area (Å²) >= 11 is 0. The van der Waals surface area contributed by atoms with Crippen LogP contribution >= 0.6 is 0 Å². The van der Waals surface area contributed by atoms with Gasteiger partial charge in [-0.2, -0.15) is 5.10 Å². The number of tetrazole rings is 1. The van der Waals surface area contributed by atoms with Gasteiger partial charge in [0, 0.05) is 25.9 Å².